The second-order valence-corrected chi connectivity index (χ2v) is 4.03. The third kappa shape index (κ3) is 2.58. The van der Waals surface area contributed by atoms with E-state index in [-0.39, 0.29) is 6.04 Å². The first-order valence-corrected chi connectivity index (χ1v) is 6.14. The molecule has 2 rings (SSSR count). The van der Waals surface area contributed by atoms with E-state index in [0.29, 0.717) is 0 Å². The molecular weight excluding hydrogens is 214 g/mol. The van der Waals surface area contributed by atoms with Crippen LogP contribution in [0, 0.1) is 0 Å². The van der Waals surface area contributed by atoms with Crippen LogP contribution in [0.5, 0.6) is 0 Å². The highest BCUT2D eigenvalue weighted by atomic mass is 16.3. The lowest BCUT2D eigenvalue weighted by Gasteiger charge is -2.17. The molecule has 4 nitrogen and oxygen atoms in total. The average Bonchev–Trinajstić information content (AvgIpc) is 2.97. The van der Waals surface area contributed by atoms with E-state index < -0.39 is 0 Å². The molecule has 17 heavy (non-hydrogen) atoms. The minimum atomic E-state index is 0.160. The summed E-state index contributed by atoms with van der Waals surface area (Å²) in [7, 11) is 0. The number of aryl methyl sites for hydroxylation is 1. The molecule has 2 aromatic heterocycles. The van der Waals surface area contributed by atoms with Gasteiger partial charge in [-0.2, -0.15) is 5.10 Å². The molecule has 0 aliphatic heterocycles. The van der Waals surface area contributed by atoms with E-state index in [2.05, 4.69) is 35.0 Å². The Morgan fingerprint density at radius 1 is 1.41 bits per heavy atom. The molecule has 0 aromatic carbocycles. The first-order valence-electron chi connectivity index (χ1n) is 6.14. The van der Waals surface area contributed by atoms with Crippen molar-refractivity contribution in [3.8, 4) is 0 Å². The lowest BCUT2D eigenvalue weighted by atomic mass is 10.1. The van der Waals surface area contributed by atoms with E-state index in [1.165, 1.54) is 5.69 Å². The van der Waals surface area contributed by atoms with E-state index in [4.69, 9.17) is 4.42 Å². The number of hydrogen-bond acceptors (Lipinski definition) is 3. The van der Waals surface area contributed by atoms with Crippen LogP contribution in [0.25, 0.3) is 0 Å². The Morgan fingerprint density at radius 3 is 2.94 bits per heavy atom. The molecule has 0 saturated carbocycles. The van der Waals surface area contributed by atoms with Gasteiger partial charge in [0.2, 0.25) is 0 Å². The van der Waals surface area contributed by atoms with Crippen molar-refractivity contribution in [2.24, 2.45) is 0 Å². The summed E-state index contributed by atoms with van der Waals surface area (Å²) >= 11 is 0. The molecule has 4 heteroatoms. The fourth-order valence-corrected chi connectivity index (χ4v) is 2.02. The monoisotopic (exact) mass is 233 g/mol. The Morgan fingerprint density at radius 2 is 2.29 bits per heavy atom. The third-order valence-corrected chi connectivity index (χ3v) is 2.77. The van der Waals surface area contributed by atoms with Gasteiger partial charge in [0.1, 0.15) is 0 Å². The van der Waals surface area contributed by atoms with Gasteiger partial charge in [-0.15, -0.1) is 0 Å². The number of aromatic nitrogens is 2. The Labute approximate surface area is 102 Å². The first-order chi connectivity index (χ1) is 8.36. The minimum absolute atomic E-state index is 0.160. The van der Waals surface area contributed by atoms with Crippen molar-refractivity contribution in [2.75, 3.05) is 6.54 Å². The maximum Gasteiger partial charge on any atom is 0.0954 e. The summed E-state index contributed by atoms with van der Waals surface area (Å²) in [6.07, 6.45) is 6.44. The van der Waals surface area contributed by atoms with E-state index in [0.717, 1.165) is 25.1 Å². The van der Waals surface area contributed by atoms with E-state index in [1.54, 1.807) is 12.5 Å². The summed E-state index contributed by atoms with van der Waals surface area (Å²) in [5.74, 6) is 0. The molecule has 0 bridgehead atoms. The molecule has 0 fully saturated rings. The highest BCUT2D eigenvalue weighted by Gasteiger charge is 2.17. The predicted octanol–water partition coefficient (Wildman–Crippen LogP) is 2.59. The summed E-state index contributed by atoms with van der Waals surface area (Å²) < 4.78 is 7.23. The number of nitrogens with one attached hydrogen (secondary N) is 1. The second kappa shape index (κ2) is 5.68. The van der Waals surface area contributed by atoms with E-state index in [9.17, 15) is 0 Å². The van der Waals surface area contributed by atoms with Gasteiger partial charge in [-0.3, -0.25) is 4.68 Å². The van der Waals surface area contributed by atoms with Crippen LogP contribution < -0.4 is 5.32 Å². The van der Waals surface area contributed by atoms with E-state index >= 15 is 0 Å². The van der Waals surface area contributed by atoms with E-state index in [1.807, 2.05) is 12.3 Å². The Kier molecular flexibility index (Phi) is 3.98. The zero-order chi connectivity index (χ0) is 12.1. The van der Waals surface area contributed by atoms with Crippen LogP contribution in [-0.2, 0) is 6.54 Å². The largest absolute Gasteiger partial charge is 0.472 e. The zero-order valence-corrected chi connectivity index (χ0v) is 10.4. The number of hydrogen-bond donors (Lipinski definition) is 1. The minimum Gasteiger partial charge on any atom is -0.472 e. The van der Waals surface area contributed by atoms with Gasteiger partial charge in [-0.1, -0.05) is 13.8 Å². The highest BCUT2D eigenvalue weighted by Crippen LogP contribution is 2.22. The van der Waals surface area contributed by atoms with Gasteiger partial charge < -0.3 is 9.73 Å². The Hall–Kier alpha value is -1.55. The van der Waals surface area contributed by atoms with Crippen molar-refractivity contribution in [3.05, 3.63) is 42.1 Å². The highest BCUT2D eigenvalue weighted by molar-refractivity contribution is 5.24. The molecule has 0 aliphatic carbocycles. The SMILES string of the molecule is CCCn1nccc1C(NCC)c1ccoc1. The third-order valence-electron chi connectivity index (χ3n) is 2.77. The molecule has 1 atom stereocenters. The normalized spacial score (nSPS) is 12.8. The van der Waals surface area contributed by atoms with Crippen molar-refractivity contribution in [2.45, 2.75) is 32.9 Å². The number of rotatable bonds is 6. The van der Waals surface area contributed by atoms with Crippen LogP contribution >= 0.6 is 0 Å². The molecule has 0 radical (unpaired) electrons. The van der Waals surface area contributed by atoms with Crippen molar-refractivity contribution in [1.82, 2.24) is 15.1 Å². The average molecular weight is 233 g/mol. The molecule has 92 valence electrons. The van der Waals surface area contributed by atoms with Crippen molar-refractivity contribution in [1.29, 1.82) is 0 Å². The molecule has 2 heterocycles. The van der Waals surface area contributed by atoms with Gasteiger partial charge in [-0.05, 0) is 25.1 Å². The van der Waals surface area contributed by atoms with Crippen LogP contribution in [0.2, 0.25) is 0 Å². The second-order valence-electron chi connectivity index (χ2n) is 4.03. The quantitative estimate of drug-likeness (QED) is 0.834. The Bertz CT molecular complexity index is 433. The van der Waals surface area contributed by atoms with Crippen molar-refractivity contribution in [3.63, 3.8) is 0 Å². The van der Waals surface area contributed by atoms with Gasteiger partial charge >= 0.3 is 0 Å². The number of furan rings is 1. The lowest BCUT2D eigenvalue weighted by molar-refractivity contribution is 0.511. The molecule has 1 unspecified atom stereocenters. The molecule has 0 amide bonds. The molecule has 0 saturated heterocycles. The Balaban J connectivity index is 2.29. The van der Waals surface area contributed by atoms with Crippen LogP contribution in [0.1, 0.15) is 37.6 Å². The van der Waals surface area contributed by atoms with Gasteiger partial charge in [0.05, 0.1) is 24.3 Å². The molecule has 1 N–H and O–H groups in total. The van der Waals surface area contributed by atoms with Crippen molar-refractivity contribution >= 4 is 0 Å². The first kappa shape index (κ1) is 11.9. The van der Waals surface area contributed by atoms with Gasteiger partial charge in [-0.25, -0.2) is 0 Å². The summed E-state index contributed by atoms with van der Waals surface area (Å²) in [6.45, 7) is 6.12. The smallest absolute Gasteiger partial charge is 0.0954 e. The summed E-state index contributed by atoms with van der Waals surface area (Å²) in [4.78, 5) is 0. The topological polar surface area (TPSA) is 43.0 Å². The van der Waals surface area contributed by atoms with Gasteiger partial charge in [0.25, 0.3) is 0 Å². The fraction of sp³-hybridized carbons (Fsp3) is 0.462. The summed E-state index contributed by atoms with van der Waals surface area (Å²) in [5.41, 5.74) is 2.33. The zero-order valence-electron chi connectivity index (χ0n) is 10.4. The van der Waals surface area contributed by atoms with Crippen LogP contribution in [-0.4, -0.2) is 16.3 Å². The molecular formula is C13H19N3O. The summed E-state index contributed by atoms with van der Waals surface area (Å²) in [6, 6.07) is 4.22. The van der Waals surface area contributed by atoms with Crippen LogP contribution in [0.3, 0.4) is 0 Å². The maximum absolute atomic E-state index is 5.17. The lowest BCUT2D eigenvalue weighted by Crippen LogP contribution is -2.24. The molecule has 0 spiro atoms. The van der Waals surface area contributed by atoms with Gasteiger partial charge in [0, 0.05) is 18.3 Å². The van der Waals surface area contributed by atoms with Crippen LogP contribution in [0.4, 0.5) is 0 Å². The maximum atomic E-state index is 5.17. The molecule has 0 aliphatic rings. The molecule has 2 aromatic rings. The summed E-state index contributed by atoms with van der Waals surface area (Å²) in [5, 5.41) is 7.83. The number of nitrogens with zero attached hydrogens (tertiary/aromatic N) is 2. The standard InChI is InChI=1S/C13H19N3O/c1-3-8-16-12(5-7-15-16)13(14-4-2)11-6-9-17-10-11/h5-7,9-10,13-14H,3-4,8H2,1-2H3. The predicted molar refractivity (Wildman–Crippen MR) is 66.7 cm³/mol. The fourth-order valence-electron chi connectivity index (χ4n) is 2.02. The van der Waals surface area contributed by atoms with Crippen molar-refractivity contribution < 1.29 is 4.42 Å². The van der Waals surface area contributed by atoms with Gasteiger partial charge in [0.15, 0.2) is 0 Å². The van der Waals surface area contributed by atoms with Crippen LogP contribution in [0.15, 0.2) is 35.3 Å².